The second kappa shape index (κ2) is 9.04. The van der Waals surface area contributed by atoms with Gasteiger partial charge >= 0.3 is 6.01 Å². The zero-order chi connectivity index (χ0) is 24.6. The number of hydrogen-bond acceptors (Lipinski definition) is 9. The third-order valence-electron chi connectivity index (χ3n) is 6.91. The molecule has 1 atom stereocenters. The summed E-state index contributed by atoms with van der Waals surface area (Å²) in [7, 11) is 1.48. The molecule has 35 heavy (non-hydrogen) atoms. The second-order valence-corrected chi connectivity index (χ2v) is 9.35. The Hall–Kier alpha value is -3.31. The van der Waals surface area contributed by atoms with Crippen LogP contribution in [-0.4, -0.2) is 56.5 Å². The number of aliphatic hydroxyl groups excluding tert-OH is 1. The van der Waals surface area contributed by atoms with Gasteiger partial charge in [0.2, 0.25) is 5.89 Å². The van der Waals surface area contributed by atoms with Crippen LogP contribution in [0.25, 0.3) is 11.5 Å². The number of halogens is 2. The fourth-order valence-corrected chi connectivity index (χ4v) is 5.02. The van der Waals surface area contributed by atoms with E-state index < -0.39 is 28.8 Å². The van der Waals surface area contributed by atoms with E-state index >= 15 is 0 Å². The molecule has 3 aliphatic rings. The van der Waals surface area contributed by atoms with E-state index in [1.807, 2.05) is 0 Å². The lowest BCUT2D eigenvalue weighted by molar-refractivity contribution is -0.132. The Bertz CT molecular complexity index is 1230. The number of amides is 1. The van der Waals surface area contributed by atoms with Crippen LogP contribution < -0.4 is 14.8 Å². The van der Waals surface area contributed by atoms with Gasteiger partial charge in [-0.15, -0.1) is 10.2 Å². The van der Waals surface area contributed by atoms with Crippen molar-refractivity contribution in [3.63, 3.8) is 0 Å². The Morgan fingerprint density at radius 3 is 2.66 bits per heavy atom. The molecule has 1 amide bonds. The van der Waals surface area contributed by atoms with Crippen molar-refractivity contribution in [1.82, 2.24) is 25.5 Å². The van der Waals surface area contributed by atoms with Gasteiger partial charge < -0.3 is 24.3 Å². The number of aromatic nitrogens is 4. The first-order valence-electron chi connectivity index (χ1n) is 11.1. The minimum Gasteiger partial charge on any atom is -0.484 e. The Labute approximate surface area is 204 Å². The molecule has 6 rings (SSSR count). The van der Waals surface area contributed by atoms with Gasteiger partial charge in [-0.2, -0.15) is 0 Å². The lowest BCUT2D eigenvalue weighted by atomic mass is 9.55. The molecular weight excluding hydrogens is 481 g/mol. The third kappa shape index (κ3) is 4.41. The molecular formula is C23H23ClFN5O5. The molecule has 0 radical (unpaired) electrons. The largest absolute Gasteiger partial charge is 0.484 e. The highest BCUT2D eigenvalue weighted by molar-refractivity contribution is 6.30. The lowest BCUT2D eigenvalue weighted by Crippen LogP contribution is -2.66. The van der Waals surface area contributed by atoms with Crippen molar-refractivity contribution in [2.24, 2.45) is 0 Å². The fraction of sp³-hybridized carbons (Fsp3) is 0.435. The zero-order valence-electron chi connectivity index (χ0n) is 18.8. The summed E-state index contributed by atoms with van der Waals surface area (Å²) in [5.74, 6) is -0.0828. The summed E-state index contributed by atoms with van der Waals surface area (Å²) in [5, 5.41) is 22.3. The summed E-state index contributed by atoms with van der Waals surface area (Å²) in [5.41, 5.74) is -0.669. The van der Waals surface area contributed by atoms with Crippen molar-refractivity contribution in [3.8, 4) is 23.2 Å². The molecule has 2 aromatic heterocycles. The number of nitrogens with zero attached hydrogens (tertiary/aromatic N) is 4. The molecule has 3 aliphatic carbocycles. The van der Waals surface area contributed by atoms with Gasteiger partial charge in [-0.25, -0.2) is 14.4 Å². The first kappa shape index (κ1) is 23.4. The number of carbonyl (C=O) groups is 1. The molecule has 12 heteroatoms. The fourth-order valence-electron chi connectivity index (χ4n) is 4.90. The molecule has 2 N–H and O–H groups in total. The topological polar surface area (TPSA) is 132 Å². The van der Waals surface area contributed by atoms with Crippen LogP contribution in [0.5, 0.6) is 11.8 Å². The molecule has 1 unspecified atom stereocenters. The van der Waals surface area contributed by atoms with Gasteiger partial charge in [-0.1, -0.05) is 11.6 Å². The van der Waals surface area contributed by atoms with Gasteiger partial charge in [0, 0.05) is 18.5 Å². The minimum atomic E-state index is -0.804. The molecule has 2 bridgehead atoms. The smallest absolute Gasteiger partial charge is 0.316 e. The summed E-state index contributed by atoms with van der Waals surface area (Å²) in [6, 6.07) is 4.20. The molecule has 3 saturated carbocycles. The predicted octanol–water partition coefficient (Wildman–Crippen LogP) is 2.84. The van der Waals surface area contributed by atoms with E-state index in [0.717, 1.165) is 6.07 Å². The van der Waals surface area contributed by atoms with Crippen molar-refractivity contribution in [3.05, 3.63) is 47.3 Å². The van der Waals surface area contributed by atoms with Crippen molar-refractivity contribution >= 4 is 17.5 Å². The van der Waals surface area contributed by atoms with Gasteiger partial charge in [0.1, 0.15) is 11.6 Å². The number of hydrogen-bond donors (Lipinski definition) is 2. The van der Waals surface area contributed by atoms with Gasteiger partial charge in [0.15, 0.2) is 6.61 Å². The van der Waals surface area contributed by atoms with E-state index in [1.165, 1.54) is 19.2 Å². The van der Waals surface area contributed by atoms with E-state index in [9.17, 15) is 14.3 Å². The van der Waals surface area contributed by atoms with Crippen LogP contribution in [0.4, 0.5) is 4.39 Å². The van der Waals surface area contributed by atoms with Gasteiger partial charge in [0.05, 0.1) is 34.8 Å². The normalized spacial score (nSPS) is 25.3. The molecule has 0 aliphatic heterocycles. The van der Waals surface area contributed by atoms with E-state index in [2.05, 4.69) is 25.5 Å². The number of carbonyl (C=O) groups excluding carboxylic acids is 1. The number of rotatable bonds is 7. The molecule has 1 aromatic carbocycles. The van der Waals surface area contributed by atoms with Crippen LogP contribution in [-0.2, 0) is 10.2 Å². The zero-order valence-corrected chi connectivity index (χ0v) is 19.6. The van der Waals surface area contributed by atoms with E-state index in [4.69, 9.17) is 25.5 Å². The molecule has 184 valence electrons. The Kier molecular flexibility index (Phi) is 6.06. The predicted molar refractivity (Wildman–Crippen MR) is 120 cm³/mol. The molecule has 10 nitrogen and oxygen atoms in total. The van der Waals surface area contributed by atoms with Crippen LogP contribution in [0, 0.1) is 5.82 Å². The summed E-state index contributed by atoms with van der Waals surface area (Å²) in [6.45, 7) is -0.308. The average Bonchev–Trinajstić information content (AvgIpc) is 3.37. The number of aliphatic hydroxyl groups is 1. The quantitative estimate of drug-likeness (QED) is 0.499. The van der Waals surface area contributed by atoms with Gasteiger partial charge in [-0.3, -0.25) is 4.79 Å². The average molecular weight is 504 g/mol. The first-order valence-corrected chi connectivity index (χ1v) is 11.5. The molecule has 0 saturated heterocycles. The highest BCUT2D eigenvalue weighted by atomic mass is 35.5. The van der Waals surface area contributed by atoms with Crippen LogP contribution >= 0.6 is 11.6 Å². The van der Waals surface area contributed by atoms with Crippen LogP contribution in [0.15, 0.2) is 35.0 Å². The summed E-state index contributed by atoms with van der Waals surface area (Å²) < 4.78 is 29.9. The number of ether oxygens (including phenoxy) is 2. The van der Waals surface area contributed by atoms with Crippen molar-refractivity contribution < 1.29 is 28.2 Å². The van der Waals surface area contributed by atoms with Crippen molar-refractivity contribution in [2.45, 2.75) is 49.2 Å². The number of nitrogens with one attached hydrogen (secondary N) is 1. The number of benzene rings is 1. The lowest BCUT2D eigenvalue weighted by Gasteiger charge is -2.54. The highest BCUT2D eigenvalue weighted by Gasteiger charge is 2.57. The SMILES string of the molecule is COc1ncc(-c2nnc(C34CCC(NC(=O)COc5ccc(Cl)c(F)c5)(CC3)C(O)C4)o2)cn1. The molecule has 0 spiro atoms. The summed E-state index contributed by atoms with van der Waals surface area (Å²) >= 11 is 5.67. The Morgan fingerprint density at radius 1 is 1.26 bits per heavy atom. The van der Waals surface area contributed by atoms with E-state index in [-0.39, 0.29) is 29.3 Å². The Balaban J connectivity index is 1.23. The number of methoxy groups -OCH3 is 1. The monoisotopic (exact) mass is 503 g/mol. The maximum absolute atomic E-state index is 13.6. The molecule has 2 heterocycles. The van der Waals surface area contributed by atoms with Crippen molar-refractivity contribution in [1.29, 1.82) is 0 Å². The van der Waals surface area contributed by atoms with Crippen LogP contribution in [0.3, 0.4) is 0 Å². The highest BCUT2D eigenvalue weighted by Crippen LogP contribution is 2.53. The van der Waals surface area contributed by atoms with Crippen LogP contribution in [0.2, 0.25) is 5.02 Å². The minimum absolute atomic E-state index is 0.0255. The maximum atomic E-state index is 13.6. The Morgan fingerprint density at radius 2 is 2.00 bits per heavy atom. The third-order valence-corrected chi connectivity index (χ3v) is 7.21. The van der Waals surface area contributed by atoms with E-state index in [0.29, 0.717) is 43.6 Å². The second-order valence-electron chi connectivity index (χ2n) is 8.94. The van der Waals surface area contributed by atoms with Gasteiger partial charge in [-0.05, 0) is 44.2 Å². The maximum Gasteiger partial charge on any atom is 0.316 e. The summed E-state index contributed by atoms with van der Waals surface area (Å²) in [4.78, 5) is 20.7. The standard InChI is InChI=1S/C23H23ClFN5O5/c1-33-21-26-10-13(11-27-21)19-29-30-20(35-19)22-4-6-23(7-5-22,17(31)9-22)28-18(32)12-34-14-2-3-15(24)16(25)8-14/h2-3,8,10-11,17,31H,4-7,9,12H2,1H3,(H,28,32). The molecule has 3 aromatic rings. The summed E-state index contributed by atoms with van der Waals surface area (Å²) in [6.07, 6.45) is 5.05. The van der Waals surface area contributed by atoms with Crippen LogP contribution in [0.1, 0.15) is 38.0 Å². The van der Waals surface area contributed by atoms with Crippen molar-refractivity contribution in [2.75, 3.05) is 13.7 Å². The molecule has 3 fully saturated rings. The van der Waals surface area contributed by atoms with Gasteiger partial charge in [0.25, 0.3) is 11.8 Å². The first-order chi connectivity index (χ1) is 16.8. The number of fused-ring (bicyclic) bond motifs is 3. The van der Waals surface area contributed by atoms with E-state index in [1.54, 1.807) is 12.4 Å².